The molecule has 150 valence electrons. The first kappa shape index (κ1) is 20.1. The van der Waals surface area contributed by atoms with E-state index < -0.39 is 35.9 Å². The molecule has 29 heavy (non-hydrogen) atoms. The molecule has 0 spiro atoms. The number of benzene rings is 2. The van der Waals surface area contributed by atoms with Crippen molar-refractivity contribution in [1.29, 1.82) is 0 Å². The molecule has 0 aromatic heterocycles. The van der Waals surface area contributed by atoms with Crippen LogP contribution in [0.5, 0.6) is 0 Å². The first-order chi connectivity index (χ1) is 13.8. The van der Waals surface area contributed by atoms with Crippen LogP contribution in [0.2, 0.25) is 0 Å². The molecule has 1 aliphatic heterocycles. The molecular formula is C20H18F2N4O3. The number of hydrazone groups is 1. The lowest BCUT2D eigenvalue weighted by Gasteiger charge is -2.22. The van der Waals surface area contributed by atoms with Gasteiger partial charge >= 0.3 is 0 Å². The second-order valence-corrected chi connectivity index (χ2v) is 6.49. The van der Waals surface area contributed by atoms with Gasteiger partial charge in [0.15, 0.2) is 0 Å². The van der Waals surface area contributed by atoms with Crippen LogP contribution in [-0.2, 0) is 14.4 Å². The first-order valence-corrected chi connectivity index (χ1v) is 8.82. The first-order valence-electron chi connectivity index (χ1n) is 8.82. The number of halogens is 2. The molecule has 1 aliphatic rings. The van der Waals surface area contributed by atoms with Gasteiger partial charge in [0.05, 0.1) is 5.69 Å². The van der Waals surface area contributed by atoms with Gasteiger partial charge in [-0.2, -0.15) is 5.10 Å². The number of nitrogens with zero attached hydrogens (tertiary/aromatic N) is 2. The molecule has 0 fully saturated rings. The summed E-state index contributed by atoms with van der Waals surface area (Å²) in [5, 5.41) is 9.68. The lowest BCUT2D eigenvalue weighted by atomic mass is 10.1. The Bertz CT molecular complexity index is 990. The topological polar surface area (TPSA) is 90.9 Å². The number of hydrogen-bond donors (Lipinski definition) is 2. The van der Waals surface area contributed by atoms with Gasteiger partial charge in [0.2, 0.25) is 11.8 Å². The second kappa shape index (κ2) is 8.59. The highest BCUT2D eigenvalue weighted by Gasteiger charge is 2.26. The highest BCUT2D eigenvalue weighted by Crippen LogP contribution is 2.16. The summed E-state index contributed by atoms with van der Waals surface area (Å²) < 4.78 is 26.9. The molecule has 0 saturated heterocycles. The number of rotatable bonds is 5. The van der Waals surface area contributed by atoms with Crippen LogP contribution in [0.4, 0.5) is 20.2 Å². The van der Waals surface area contributed by atoms with Crippen LogP contribution in [0, 0.1) is 18.6 Å². The summed E-state index contributed by atoms with van der Waals surface area (Å²) >= 11 is 0. The van der Waals surface area contributed by atoms with Crippen molar-refractivity contribution in [3.63, 3.8) is 0 Å². The Morgan fingerprint density at radius 3 is 2.52 bits per heavy atom. The molecule has 1 heterocycles. The van der Waals surface area contributed by atoms with Crippen molar-refractivity contribution in [2.45, 2.75) is 19.8 Å². The zero-order valence-electron chi connectivity index (χ0n) is 15.5. The summed E-state index contributed by atoms with van der Waals surface area (Å²) in [5.74, 6) is -3.24. The molecule has 9 heteroatoms. The van der Waals surface area contributed by atoms with E-state index in [1.54, 1.807) is 12.1 Å². The predicted molar refractivity (Wildman–Crippen MR) is 103 cm³/mol. The van der Waals surface area contributed by atoms with Crippen molar-refractivity contribution in [2.75, 3.05) is 17.2 Å². The van der Waals surface area contributed by atoms with Gasteiger partial charge in [-0.05, 0) is 31.2 Å². The minimum atomic E-state index is -0.814. The van der Waals surface area contributed by atoms with Crippen LogP contribution in [0.15, 0.2) is 47.6 Å². The fourth-order valence-electron chi connectivity index (χ4n) is 2.65. The number of carbonyl (C=O) groups excluding carboxylic acids is 3. The minimum Gasteiger partial charge on any atom is -0.322 e. The molecule has 0 aliphatic carbocycles. The molecule has 2 N–H and O–H groups in total. The van der Waals surface area contributed by atoms with Gasteiger partial charge in [-0.15, -0.1) is 0 Å². The molecule has 0 radical (unpaired) electrons. The number of amides is 3. The molecule has 7 nitrogen and oxygen atoms in total. The summed E-state index contributed by atoms with van der Waals surface area (Å²) in [4.78, 5) is 36.6. The summed E-state index contributed by atoms with van der Waals surface area (Å²) in [7, 11) is 0. The Labute approximate surface area is 165 Å². The van der Waals surface area contributed by atoms with E-state index in [0.717, 1.165) is 28.8 Å². The fraction of sp³-hybridized carbons (Fsp3) is 0.200. The van der Waals surface area contributed by atoms with Crippen LogP contribution in [-0.4, -0.2) is 35.0 Å². The summed E-state index contributed by atoms with van der Waals surface area (Å²) in [6.07, 6.45) is 0.134. The standard InChI is InChI=1S/C20H18F2N4O3/c1-12-2-5-14(6-3-12)23-20(29)16-8-9-19(28)26(25-16)11-18(27)24-17-10-13(21)4-7-15(17)22/h2-7,10H,8-9,11H2,1H3,(H,23,29)(H,24,27). The maximum Gasteiger partial charge on any atom is 0.271 e. The van der Waals surface area contributed by atoms with Crippen LogP contribution in [0.3, 0.4) is 0 Å². The Morgan fingerprint density at radius 2 is 1.79 bits per heavy atom. The average Bonchev–Trinajstić information content (AvgIpc) is 2.68. The SMILES string of the molecule is Cc1ccc(NC(=O)C2=NN(CC(=O)Nc3cc(F)ccc3F)C(=O)CC2)cc1. The number of nitrogens with one attached hydrogen (secondary N) is 2. The predicted octanol–water partition coefficient (Wildman–Crippen LogP) is 2.83. The van der Waals surface area contributed by atoms with E-state index in [4.69, 9.17) is 0 Å². The smallest absolute Gasteiger partial charge is 0.271 e. The zero-order chi connectivity index (χ0) is 21.0. The van der Waals surface area contributed by atoms with Crippen LogP contribution >= 0.6 is 0 Å². The molecule has 0 unspecified atom stereocenters. The second-order valence-electron chi connectivity index (χ2n) is 6.49. The van der Waals surface area contributed by atoms with Crippen molar-refractivity contribution in [2.24, 2.45) is 5.10 Å². The molecule has 0 saturated carbocycles. The lowest BCUT2D eigenvalue weighted by Crippen LogP contribution is -2.40. The molecular weight excluding hydrogens is 382 g/mol. The van der Waals surface area contributed by atoms with E-state index in [2.05, 4.69) is 15.7 Å². The average molecular weight is 400 g/mol. The zero-order valence-corrected chi connectivity index (χ0v) is 15.5. The summed E-state index contributed by atoms with van der Waals surface area (Å²) in [6.45, 7) is 1.39. The fourth-order valence-corrected chi connectivity index (χ4v) is 2.65. The van der Waals surface area contributed by atoms with E-state index >= 15 is 0 Å². The Balaban J connectivity index is 1.67. The van der Waals surface area contributed by atoms with Gasteiger partial charge < -0.3 is 10.6 Å². The van der Waals surface area contributed by atoms with E-state index in [1.165, 1.54) is 0 Å². The third-order valence-corrected chi connectivity index (χ3v) is 4.17. The number of anilines is 2. The van der Waals surface area contributed by atoms with Crippen LogP contribution < -0.4 is 10.6 Å². The molecule has 0 atom stereocenters. The third-order valence-electron chi connectivity index (χ3n) is 4.17. The third kappa shape index (κ3) is 5.22. The van der Waals surface area contributed by atoms with Gasteiger partial charge in [-0.3, -0.25) is 14.4 Å². The molecule has 2 aromatic rings. The van der Waals surface area contributed by atoms with Crippen LogP contribution in [0.25, 0.3) is 0 Å². The maximum absolute atomic E-state index is 13.6. The molecule has 3 amide bonds. The van der Waals surface area contributed by atoms with E-state index in [0.29, 0.717) is 5.69 Å². The van der Waals surface area contributed by atoms with Crippen molar-refractivity contribution >= 4 is 34.8 Å². The Morgan fingerprint density at radius 1 is 1.07 bits per heavy atom. The molecule has 0 bridgehead atoms. The maximum atomic E-state index is 13.6. The summed E-state index contributed by atoms with van der Waals surface area (Å²) in [5.41, 5.74) is 1.36. The molecule has 3 rings (SSSR count). The monoisotopic (exact) mass is 400 g/mol. The van der Waals surface area contributed by atoms with Crippen molar-refractivity contribution in [3.8, 4) is 0 Å². The van der Waals surface area contributed by atoms with E-state index in [1.807, 2.05) is 19.1 Å². The van der Waals surface area contributed by atoms with Crippen molar-refractivity contribution in [1.82, 2.24) is 5.01 Å². The largest absolute Gasteiger partial charge is 0.322 e. The van der Waals surface area contributed by atoms with Gasteiger partial charge in [-0.25, -0.2) is 13.8 Å². The normalized spacial score (nSPS) is 13.7. The highest BCUT2D eigenvalue weighted by atomic mass is 19.1. The Hall–Kier alpha value is -3.62. The van der Waals surface area contributed by atoms with Gasteiger partial charge in [0.1, 0.15) is 23.9 Å². The van der Waals surface area contributed by atoms with E-state index in [9.17, 15) is 23.2 Å². The van der Waals surface area contributed by atoms with Gasteiger partial charge in [0, 0.05) is 24.6 Å². The molecule has 2 aromatic carbocycles. The quantitative estimate of drug-likeness (QED) is 0.809. The lowest BCUT2D eigenvalue weighted by molar-refractivity contribution is -0.135. The van der Waals surface area contributed by atoms with E-state index in [-0.39, 0.29) is 24.2 Å². The van der Waals surface area contributed by atoms with Gasteiger partial charge in [0.25, 0.3) is 5.91 Å². The minimum absolute atomic E-state index is 0.00174. The van der Waals surface area contributed by atoms with Crippen LogP contribution in [0.1, 0.15) is 18.4 Å². The Kier molecular flexibility index (Phi) is 5.96. The number of carbonyl (C=O) groups is 3. The van der Waals surface area contributed by atoms with Crippen molar-refractivity contribution < 1.29 is 23.2 Å². The number of hydrogen-bond acceptors (Lipinski definition) is 4. The van der Waals surface area contributed by atoms with Gasteiger partial charge in [-0.1, -0.05) is 17.7 Å². The number of aryl methyl sites for hydroxylation is 1. The highest BCUT2D eigenvalue weighted by molar-refractivity contribution is 6.43. The summed E-state index contributed by atoms with van der Waals surface area (Å²) in [6, 6.07) is 9.77. The van der Waals surface area contributed by atoms with Crippen molar-refractivity contribution in [3.05, 3.63) is 59.7 Å².